The Hall–Kier alpha value is -1.02. The lowest BCUT2D eigenvalue weighted by Gasteiger charge is -2.08. The van der Waals surface area contributed by atoms with E-state index in [0.29, 0.717) is 25.2 Å². The summed E-state index contributed by atoms with van der Waals surface area (Å²) in [6.45, 7) is 6.25. The summed E-state index contributed by atoms with van der Waals surface area (Å²) in [6, 6.07) is 0.173. The van der Waals surface area contributed by atoms with Crippen molar-refractivity contribution in [2.24, 2.45) is 0 Å². The molecule has 18 heavy (non-hydrogen) atoms. The molecule has 104 valence electrons. The van der Waals surface area contributed by atoms with Gasteiger partial charge in [-0.3, -0.25) is 0 Å². The first kappa shape index (κ1) is 15.0. The van der Waals surface area contributed by atoms with Crippen molar-refractivity contribution in [1.29, 1.82) is 0 Å². The molecule has 1 rings (SSSR count). The van der Waals surface area contributed by atoms with E-state index in [1.54, 1.807) is 4.68 Å². The third kappa shape index (κ3) is 4.69. The molecule has 0 unspecified atom stereocenters. The summed E-state index contributed by atoms with van der Waals surface area (Å²) < 4.78 is 27.4. The lowest BCUT2D eigenvalue weighted by Crippen LogP contribution is -2.29. The maximum atomic E-state index is 11.6. The van der Waals surface area contributed by atoms with Crippen LogP contribution in [0.15, 0.2) is 0 Å². The van der Waals surface area contributed by atoms with Crippen LogP contribution in [-0.4, -0.2) is 40.9 Å². The molecule has 0 aliphatic rings. The lowest BCUT2D eigenvalue weighted by atomic mass is 10.3. The summed E-state index contributed by atoms with van der Waals surface area (Å²) >= 11 is 0. The number of sulfonamides is 1. The Labute approximate surface area is 108 Å². The number of rotatable bonds is 8. The van der Waals surface area contributed by atoms with Crippen molar-refractivity contribution in [3.63, 3.8) is 0 Å². The van der Waals surface area contributed by atoms with Gasteiger partial charge in [0.05, 0.1) is 11.8 Å². The van der Waals surface area contributed by atoms with Crippen LogP contribution in [0.2, 0.25) is 0 Å². The van der Waals surface area contributed by atoms with Gasteiger partial charge < -0.3 is 0 Å². The van der Waals surface area contributed by atoms with E-state index in [0.717, 1.165) is 6.42 Å². The number of unbranched alkanes of at least 4 members (excludes halogenated alkanes) is 1. The molecule has 0 radical (unpaired) electrons. The van der Waals surface area contributed by atoms with Crippen molar-refractivity contribution < 1.29 is 8.42 Å². The normalized spacial score (nSPS) is 12.2. The average molecular weight is 275 g/mol. The average Bonchev–Trinajstić information content (AvgIpc) is 2.74. The van der Waals surface area contributed by atoms with Gasteiger partial charge in [0.25, 0.3) is 0 Å². The van der Waals surface area contributed by atoms with E-state index in [4.69, 9.17) is 0 Å². The highest BCUT2D eigenvalue weighted by atomic mass is 32.2. The molecule has 1 heterocycles. The largest absolute Gasteiger partial charge is 0.227 e. The Morgan fingerprint density at radius 2 is 2.11 bits per heavy atom. The quantitative estimate of drug-likeness (QED) is 0.747. The molecule has 0 spiro atoms. The second kappa shape index (κ2) is 6.79. The van der Waals surface area contributed by atoms with Crippen LogP contribution >= 0.6 is 0 Å². The Kier molecular flexibility index (Phi) is 5.67. The third-order valence-corrected chi connectivity index (χ3v) is 3.96. The first-order valence-corrected chi connectivity index (χ1v) is 7.85. The number of hydrogen-bond acceptors (Lipinski definition) is 5. The van der Waals surface area contributed by atoms with Gasteiger partial charge >= 0.3 is 0 Å². The van der Waals surface area contributed by atoms with E-state index >= 15 is 0 Å². The van der Waals surface area contributed by atoms with Crippen LogP contribution in [0.5, 0.6) is 0 Å². The van der Waals surface area contributed by atoms with Crippen molar-refractivity contribution in [2.75, 3.05) is 12.3 Å². The number of tetrazole rings is 1. The molecule has 0 aliphatic carbocycles. The van der Waals surface area contributed by atoms with E-state index in [1.807, 2.05) is 20.8 Å². The van der Waals surface area contributed by atoms with Gasteiger partial charge in [0, 0.05) is 13.0 Å². The summed E-state index contributed by atoms with van der Waals surface area (Å²) in [4.78, 5) is 0. The van der Waals surface area contributed by atoms with Crippen LogP contribution in [0, 0.1) is 0 Å². The van der Waals surface area contributed by atoms with Gasteiger partial charge in [-0.25, -0.2) is 17.8 Å². The Bertz CT molecular complexity index is 455. The highest BCUT2D eigenvalue weighted by Crippen LogP contribution is 2.04. The minimum atomic E-state index is -3.16. The zero-order valence-electron chi connectivity index (χ0n) is 11.1. The van der Waals surface area contributed by atoms with Gasteiger partial charge in [0.1, 0.15) is 0 Å². The predicted molar refractivity (Wildman–Crippen MR) is 68.6 cm³/mol. The number of nitrogens with one attached hydrogen (secondary N) is 1. The number of hydrogen-bond donors (Lipinski definition) is 1. The van der Waals surface area contributed by atoms with Gasteiger partial charge in [0.2, 0.25) is 10.0 Å². The zero-order chi connectivity index (χ0) is 13.6. The molecule has 0 saturated heterocycles. The summed E-state index contributed by atoms with van der Waals surface area (Å²) in [7, 11) is -3.16. The van der Waals surface area contributed by atoms with E-state index in [1.165, 1.54) is 0 Å². The monoisotopic (exact) mass is 275 g/mol. The third-order valence-electron chi connectivity index (χ3n) is 2.49. The maximum absolute atomic E-state index is 11.6. The molecule has 0 aliphatic heterocycles. The summed E-state index contributed by atoms with van der Waals surface area (Å²) in [6.07, 6.45) is 2.04. The Morgan fingerprint density at radius 3 is 2.72 bits per heavy atom. The molecular weight excluding hydrogens is 254 g/mol. The minimum Gasteiger partial charge on any atom is -0.227 e. The maximum Gasteiger partial charge on any atom is 0.211 e. The second-order valence-electron chi connectivity index (χ2n) is 4.45. The van der Waals surface area contributed by atoms with Crippen LogP contribution in [0.1, 0.15) is 45.5 Å². The van der Waals surface area contributed by atoms with Crippen molar-refractivity contribution in [1.82, 2.24) is 24.9 Å². The van der Waals surface area contributed by atoms with Gasteiger partial charge in [-0.2, -0.15) is 0 Å². The topological polar surface area (TPSA) is 89.8 Å². The van der Waals surface area contributed by atoms with Gasteiger partial charge in [0.15, 0.2) is 5.82 Å². The fourth-order valence-corrected chi connectivity index (χ4v) is 2.73. The molecule has 1 aromatic rings. The molecular formula is C10H21N5O2S. The molecule has 1 N–H and O–H groups in total. The molecule has 0 fully saturated rings. The van der Waals surface area contributed by atoms with E-state index in [-0.39, 0.29) is 11.8 Å². The van der Waals surface area contributed by atoms with Gasteiger partial charge in [-0.05, 0) is 30.7 Å². The molecule has 1 aromatic heterocycles. The summed E-state index contributed by atoms with van der Waals surface area (Å²) in [5, 5.41) is 11.3. The first-order chi connectivity index (χ1) is 8.46. The smallest absolute Gasteiger partial charge is 0.211 e. The van der Waals surface area contributed by atoms with Crippen molar-refractivity contribution >= 4 is 10.0 Å². The summed E-state index contributed by atoms with van der Waals surface area (Å²) in [5.74, 6) is 0.877. The fraction of sp³-hybridized carbons (Fsp3) is 0.900. The molecule has 7 nitrogen and oxygen atoms in total. The van der Waals surface area contributed by atoms with Gasteiger partial charge in [-0.15, -0.1) is 5.10 Å². The minimum absolute atomic E-state index is 0.173. The first-order valence-electron chi connectivity index (χ1n) is 6.20. The van der Waals surface area contributed by atoms with E-state index in [9.17, 15) is 8.42 Å². The molecule has 0 saturated carbocycles. The molecule has 8 heteroatoms. The SMILES string of the molecule is CCCCS(=O)(=O)NCCc1nnnn1C(C)C. The molecule has 0 amide bonds. The van der Waals surface area contributed by atoms with Crippen LogP contribution in [-0.2, 0) is 16.4 Å². The Morgan fingerprint density at radius 1 is 1.39 bits per heavy atom. The van der Waals surface area contributed by atoms with Crippen LogP contribution < -0.4 is 4.72 Å². The molecule has 0 bridgehead atoms. The number of aromatic nitrogens is 4. The van der Waals surface area contributed by atoms with Crippen LogP contribution in [0.25, 0.3) is 0 Å². The number of nitrogens with zero attached hydrogens (tertiary/aromatic N) is 4. The van der Waals surface area contributed by atoms with Crippen molar-refractivity contribution in [2.45, 2.75) is 46.1 Å². The van der Waals surface area contributed by atoms with Gasteiger partial charge in [-0.1, -0.05) is 13.3 Å². The van der Waals surface area contributed by atoms with Crippen LogP contribution in [0.4, 0.5) is 0 Å². The standard InChI is InChI=1S/C10H21N5O2S/c1-4-5-8-18(16,17)11-7-6-10-12-13-14-15(10)9(2)3/h9,11H,4-8H2,1-3H3. The molecule has 0 aromatic carbocycles. The molecule has 0 atom stereocenters. The van der Waals surface area contributed by atoms with Crippen molar-refractivity contribution in [3.05, 3.63) is 5.82 Å². The predicted octanol–water partition coefficient (Wildman–Crippen LogP) is 0.516. The zero-order valence-corrected chi connectivity index (χ0v) is 11.9. The van der Waals surface area contributed by atoms with E-state index in [2.05, 4.69) is 20.2 Å². The summed E-state index contributed by atoms with van der Waals surface area (Å²) in [5.41, 5.74) is 0. The highest BCUT2D eigenvalue weighted by Gasteiger charge is 2.12. The second-order valence-corrected chi connectivity index (χ2v) is 6.38. The van der Waals surface area contributed by atoms with Crippen molar-refractivity contribution in [3.8, 4) is 0 Å². The van der Waals surface area contributed by atoms with Crippen LogP contribution in [0.3, 0.4) is 0 Å². The van der Waals surface area contributed by atoms with E-state index < -0.39 is 10.0 Å². The Balaban J connectivity index is 2.44. The lowest BCUT2D eigenvalue weighted by molar-refractivity contribution is 0.491. The fourth-order valence-electron chi connectivity index (χ4n) is 1.50. The highest BCUT2D eigenvalue weighted by molar-refractivity contribution is 7.89.